The quantitative estimate of drug-likeness (QED) is 0.549. The van der Waals surface area contributed by atoms with Crippen LogP contribution in [-0.4, -0.2) is 64.3 Å². The first-order chi connectivity index (χ1) is 12.6. The number of rotatable bonds is 8. The molecule has 1 aliphatic heterocycles. The summed E-state index contributed by atoms with van der Waals surface area (Å²) in [6, 6.07) is 7.70. The van der Waals surface area contributed by atoms with E-state index in [1.165, 1.54) is 32.4 Å². The Labute approximate surface area is 158 Å². The number of benzene rings is 1. The lowest BCUT2D eigenvalue weighted by Gasteiger charge is -2.29. The maximum Gasteiger partial charge on any atom is 0.191 e. The van der Waals surface area contributed by atoms with E-state index >= 15 is 0 Å². The van der Waals surface area contributed by atoms with Crippen molar-refractivity contribution in [2.75, 3.05) is 47.4 Å². The minimum absolute atomic E-state index is 0.00117. The molecule has 0 aromatic heterocycles. The monoisotopic (exact) mass is 362 g/mol. The van der Waals surface area contributed by atoms with Crippen molar-refractivity contribution in [1.29, 1.82) is 0 Å². The molecule has 26 heavy (non-hydrogen) atoms. The van der Waals surface area contributed by atoms with Crippen molar-refractivity contribution in [1.82, 2.24) is 15.5 Å². The van der Waals surface area contributed by atoms with Crippen molar-refractivity contribution < 1.29 is 9.47 Å². The molecule has 6 heteroatoms. The number of hydrogen-bond donors (Lipinski definition) is 2. The number of aliphatic imine (C=N–C) groups is 1. The van der Waals surface area contributed by atoms with Gasteiger partial charge in [0.2, 0.25) is 0 Å². The zero-order chi connectivity index (χ0) is 18.8. The van der Waals surface area contributed by atoms with Crippen LogP contribution in [0.5, 0.6) is 11.5 Å². The minimum Gasteiger partial charge on any atom is -0.493 e. The SMILES string of the molecule is CN=C(NCCC1CCN(C)CC1)NCC(C)Oc1ccccc1OC. The highest BCUT2D eigenvalue weighted by molar-refractivity contribution is 5.79. The van der Waals surface area contributed by atoms with Gasteiger partial charge in [-0.25, -0.2) is 0 Å². The number of piperidine rings is 1. The van der Waals surface area contributed by atoms with Gasteiger partial charge in [0.25, 0.3) is 0 Å². The van der Waals surface area contributed by atoms with E-state index in [-0.39, 0.29) is 6.10 Å². The van der Waals surface area contributed by atoms with Crippen LogP contribution in [0.15, 0.2) is 29.3 Å². The van der Waals surface area contributed by atoms with Gasteiger partial charge in [0, 0.05) is 13.6 Å². The molecule has 6 nitrogen and oxygen atoms in total. The smallest absolute Gasteiger partial charge is 0.191 e. The molecule has 0 aliphatic carbocycles. The van der Waals surface area contributed by atoms with Gasteiger partial charge in [-0.05, 0) is 64.4 Å². The summed E-state index contributed by atoms with van der Waals surface area (Å²) in [5.41, 5.74) is 0. The van der Waals surface area contributed by atoms with Gasteiger partial charge in [-0.3, -0.25) is 4.99 Å². The second kappa shape index (κ2) is 10.9. The number of ether oxygens (including phenoxy) is 2. The van der Waals surface area contributed by atoms with E-state index in [0.717, 1.165) is 29.9 Å². The summed E-state index contributed by atoms with van der Waals surface area (Å²) in [6.45, 7) is 6.10. The molecule has 1 unspecified atom stereocenters. The molecule has 0 bridgehead atoms. The summed E-state index contributed by atoms with van der Waals surface area (Å²) in [5.74, 6) is 3.16. The minimum atomic E-state index is -0.00117. The summed E-state index contributed by atoms with van der Waals surface area (Å²) in [5, 5.41) is 6.75. The standard InChI is InChI=1S/C20H34N4O2/c1-16(26-19-8-6-5-7-18(19)25-4)15-23-20(21-2)22-12-9-17-10-13-24(3)14-11-17/h5-8,16-17H,9-15H2,1-4H3,(H2,21,22,23). The fourth-order valence-corrected chi connectivity index (χ4v) is 3.18. The molecule has 0 amide bonds. The molecular formula is C20H34N4O2. The first-order valence-corrected chi connectivity index (χ1v) is 9.55. The van der Waals surface area contributed by atoms with Crippen molar-refractivity contribution in [2.45, 2.75) is 32.3 Å². The van der Waals surface area contributed by atoms with Crippen molar-refractivity contribution in [3.63, 3.8) is 0 Å². The summed E-state index contributed by atoms with van der Waals surface area (Å²) in [7, 11) is 5.66. The fraction of sp³-hybridized carbons (Fsp3) is 0.650. The number of methoxy groups -OCH3 is 1. The summed E-state index contributed by atoms with van der Waals surface area (Å²) < 4.78 is 11.3. The van der Waals surface area contributed by atoms with E-state index in [2.05, 4.69) is 27.6 Å². The van der Waals surface area contributed by atoms with Gasteiger partial charge in [0.05, 0.1) is 13.7 Å². The largest absolute Gasteiger partial charge is 0.493 e. The zero-order valence-corrected chi connectivity index (χ0v) is 16.6. The zero-order valence-electron chi connectivity index (χ0n) is 16.6. The van der Waals surface area contributed by atoms with E-state index in [0.29, 0.717) is 6.54 Å². The summed E-state index contributed by atoms with van der Waals surface area (Å²) in [6.07, 6.45) is 3.79. The molecule has 0 radical (unpaired) electrons. The number of para-hydroxylation sites is 2. The molecular weight excluding hydrogens is 328 g/mol. The first-order valence-electron chi connectivity index (χ1n) is 9.55. The third-order valence-corrected chi connectivity index (χ3v) is 4.86. The Bertz CT molecular complexity index is 556. The third-order valence-electron chi connectivity index (χ3n) is 4.86. The average molecular weight is 363 g/mol. The molecule has 1 aromatic carbocycles. The maximum atomic E-state index is 5.97. The highest BCUT2D eigenvalue weighted by Gasteiger charge is 2.16. The highest BCUT2D eigenvalue weighted by atomic mass is 16.5. The number of likely N-dealkylation sites (tertiary alicyclic amines) is 1. The second-order valence-corrected chi connectivity index (χ2v) is 6.99. The van der Waals surface area contributed by atoms with Gasteiger partial charge in [0.15, 0.2) is 17.5 Å². The van der Waals surface area contributed by atoms with Crippen LogP contribution >= 0.6 is 0 Å². The molecule has 1 aromatic rings. The molecule has 146 valence electrons. The molecule has 1 atom stereocenters. The number of guanidine groups is 1. The lowest BCUT2D eigenvalue weighted by molar-refractivity contribution is 0.211. The van der Waals surface area contributed by atoms with E-state index < -0.39 is 0 Å². The highest BCUT2D eigenvalue weighted by Crippen LogP contribution is 2.26. The van der Waals surface area contributed by atoms with Crippen LogP contribution in [0.1, 0.15) is 26.2 Å². The molecule has 1 heterocycles. The van der Waals surface area contributed by atoms with Gasteiger partial charge in [-0.2, -0.15) is 0 Å². The molecule has 0 spiro atoms. The van der Waals surface area contributed by atoms with Crippen LogP contribution in [0, 0.1) is 5.92 Å². The Morgan fingerprint density at radius 3 is 2.58 bits per heavy atom. The lowest BCUT2D eigenvalue weighted by Crippen LogP contribution is -2.42. The predicted octanol–water partition coefficient (Wildman–Crippen LogP) is 2.36. The maximum absolute atomic E-state index is 5.97. The molecule has 1 fully saturated rings. The average Bonchev–Trinajstić information content (AvgIpc) is 2.66. The molecule has 1 saturated heterocycles. The van der Waals surface area contributed by atoms with Crippen molar-refractivity contribution in [3.05, 3.63) is 24.3 Å². The number of hydrogen-bond acceptors (Lipinski definition) is 4. The Balaban J connectivity index is 1.67. The molecule has 2 N–H and O–H groups in total. The first kappa shape index (κ1) is 20.4. The number of nitrogens with one attached hydrogen (secondary N) is 2. The lowest BCUT2D eigenvalue weighted by atomic mass is 9.94. The van der Waals surface area contributed by atoms with Crippen LogP contribution in [0.2, 0.25) is 0 Å². The van der Waals surface area contributed by atoms with Crippen LogP contribution in [0.25, 0.3) is 0 Å². The van der Waals surface area contributed by atoms with Crippen LogP contribution in [-0.2, 0) is 0 Å². The molecule has 0 saturated carbocycles. The van der Waals surface area contributed by atoms with Crippen LogP contribution in [0.4, 0.5) is 0 Å². The normalized spacial score (nSPS) is 17.6. The van der Waals surface area contributed by atoms with Gasteiger partial charge in [-0.15, -0.1) is 0 Å². The van der Waals surface area contributed by atoms with Crippen molar-refractivity contribution in [3.8, 4) is 11.5 Å². The van der Waals surface area contributed by atoms with E-state index in [9.17, 15) is 0 Å². The van der Waals surface area contributed by atoms with Gasteiger partial charge in [-0.1, -0.05) is 12.1 Å². The Morgan fingerprint density at radius 1 is 1.23 bits per heavy atom. The Morgan fingerprint density at radius 2 is 1.92 bits per heavy atom. The summed E-state index contributed by atoms with van der Waals surface area (Å²) >= 11 is 0. The van der Waals surface area contributed by atoms with E-state index in [1.807, 2.05) is 31.2 Å². The van der Waals surface area contributed by atoms with Gasteiger partial charge >= 0.3 is 0 Å². The molecule has 1 aliphatic rings. The van der Waals surface area contributed by atoms with E-state index in [1.54, 1.807) is 14.2 Å². The van der Waals surface area contributed by atoms with E-state index in [4.69, 9.17) is 9.47 Å². The predicted molar refractivity (Wildman–Crippen MR) is 107 cm³/mol. The van der Waals surface area contributed by atoms with Crippen LogP contribution in [0.3, 0.4) is 0 Å². The van der Waals surface area contributed by atoms with Crippen LogP contribution < -0.4 is 20.1 Å². The van der Waals surface area contributed by atoms with Gasteiger partial charge < -0.3 is 25.0 Å². The fourth-order valence-electron chi connectivity index (χ4n) is 3.18. The van der Waals surface area contributed by atoms with Gasteiger partial charge in [0.1, 0.15) is 6.10 Å². The Hall–Kier alpha value is -1.95. The molecule has 2 rings (SSSR count). The number of nitrogens with zero attached hydrogens (tertiary/aromatic N) is 2. The third kappa shape index (κ3) is 6.75. The van der Waals surface area contributed by atoms with Crippen molar-refractivity contribution >= 4 is 5.96 Å². The Kier molecular flexibility index (Phi) is 8.54. The van der Waals surface area contributed by atoms with Crippen molar-refractivity contribution in [2.24, 2.45) is 10.9 Å². The second-order valence-electron chi connectivity index (χ2n) is 6.99. The summed E-state index contributed by atoms with van der Waals surface area (Å²) in [4.78, 5) is 6.71. The topological polar surface area (TPSA) is 58.1 Å².